The SMILES string of the molecule is Cc1c(COc2cc(OCC3CCOCC3)cc(C(=O)N3CCCCC3)c2)[nH]c2ccccc2c1=O. The molecule has 3 aromatic rings. The van der Waals surface area contributed by atoms with Crippen LogP contribution in [0.4, 0.5) is 0 Å². The smallest absolute Gasteiger partial charge is 0.254 e. The van der Waals surface area contributed by atoms with E-state index in [9.17, 15) is 9.59 Å². The highest BCUT2D eigenvalue weighted by Gasteiger charge is 2.21. The van der Waals surface area contributed by atoms with Gasteiger partial charge in [-0.15, -0.1) is 0 Å². The number of hydrogen-bond donors (Lipinski definition) is 1. The van der Waals surface area contributed by atoms with E-state index in [1.807, 2.05) is 48.2 Å². The van der Waals surface area contributed by atoms with Crippen LogP contribution >= 0.6 is 0 Å². The van der Waals surface area contributed by atoms with Gasteiger partial charge >= 0.3 is 0 Å². The Morgan fingerprint density at radius 1 is 1.03 bits per heavy atom. The second kappa shape index (κ2) is 11.2. The Morgan fingerprint density at radius 2 is 1.75 bits per heavy atom. The Bertz CT molecular complexity index is 1270. The lowest BCUT2D eigenvalue weighted by Gasteiger charge is -2.27. The summed E-state index contributed by atoms with van der Waals surface area (Å²) in [6.45, 7) is 5.66. The first kappa shape index (κ1) is 24.4. The fourth-order valence-corrected chi connectivity index (χ4v) is 4.95. The molecule has 0 spiro atoms. The number of pyridine rings is 1. The molecule has 0 aliphatic carbocycles. The molecule has 0 saturated carbocycles. The number of para-hydroxylation sites is 1. The molecule has 1 amide bonds. The molecule has 2 saturated heterocycles. The summed E-state index contributed by atoms with van der Waals surface area (Å²) in [4.78, 5) is 31.3. The number of amides is 1. The third kappa shape index (κ3) is 5.57. The van der Waals surface area contributed by atoms with Crippen LogP contribution in [-0.4, -0.2) is 48.7 Å². The highest BCUT2D eigenvalue weighted by Crippen LogP contribution is 2.27. The van der Waals surface area contributed by atoms with Crippen LogP contribution in [0.25, 0.3) is 10.9 Å². The predicted molar refractivity (Wildman–Crippen MR) is 139 cm³/mol. The van der Waals surface area contributed by atoms with E-state index in [1.54, 1.807) is 6.07 Å². The average molecular weight is 491 g/mol. The Labute approximate surface area is 211 Å². The first-order chi connectivity index (χ1) is 17.6. The quantitative estimate of drug-likeness (QED) is 0.512. The van der Waals surface area contributed by atoms with E-state index in [-0.39, 0.29) is 17.9 Å². The van der Waals surface area contributed by atoms with Gasteiger partial charge in [0.05, 0.1) is 12.3 Å². The summed E-state index contributed by atoms with van der Waals surface area (Å²) in [6.07, 6.45) is 5.18. The molecule has 2 aromatic carbocycles. The molecule has 1 aromatic heterocycles. The lowest BCUT2D eigenvalue weighted by molar-refractivity contribution is 0.0497. The van der Waals surface area contributed by atoms with E-state index in [1.165, 1.54) is 0 Å². The molecule has 5 rings (SSSR count). The highest BCUT2D eigenvalue weighted by molar-refractivity contribution is 5.95. The van der Waals surface area contributed by atoms with Gasteiger partial charge in [0.25, 0.3) is 5.91 Å². The van der Waals surface area contributed by atoms with Crippen molar-refractivity contribution in [2.45, 2.75) is 45.6 Å². The van der Waals surface area contributed by atoms with Crippen LogP contribution < -0.4 is 14.9 Å². The van der Waals surface area contributed by atoms with Crippen LogP contribution in [0.1, 0.15) is 53.7 Å². The fraction of sp³-hybridized carbons (Fsp3) is 0.448. The Hall–Kier alpha value is -3.32. The summed E-state index contributed by atoms with van der Waals surface area (Å²) in [6, 6.07) is 12.9. The van der Waals surface area contributed by atoms with Gasteiger partial charge in [0.1, 0.15) is 18.1 Å². The van der Waals surface area contributed by atoms with E-state index < -0.39 is 0 Å². The number of benzene rings is 2. The second-order valence-electron chi connectivity index (χ2n) is 9.80. The number of carbonyl (C=O) groups is 1. The van der Waals surface area contributed by atoms with Crippen molar-refractivity contribution >= 4 is 16.8 Å². The molecule has 190 valence electrons. The molecule has 36 heavy (non-hydrogen) atoms. The van der Waals surface area contributed by atoms with Crippen molar-refractivity contribution in [1.29, 1.82) is 0 Å². The lowest BCUT2D eigenvalue weighted by Crippen LogP contribution is -2.35. The van der Waals surface area contributed by atoms with E-state index in [2.05, 4.69) is 4.98 Å². The Balaban J connectivity index is 1.38. The van der Waals surface area contributed by atoms with Gasteiger partial charge in [-0.25, -0.2) is 0 Å². The second-order valence-corrected chi connectivity index (χ2v) is 9.80. The number of carbonyl (C=O) groups excluding carboxylic acids is 1. The van der Waals surface area contributed by atoms with Crippen molar-refractivity contribution in [2.24, 2.45) is 5.92 Å². The molecule has 0 radical (unpaired) electrons. The predicted octanol–water partition coefficient (Wildman–Crippen LogP) is 4.85. The zero-order valence-corrected chi connectivity index (χ0v) is 20.9. The van der Waals surface area contributed by atoms with Crippen molar-refractivity contribution in [3.63, 3.8) is 0 Å². The normalized spacial score (nSPS) is 16.8. The molecule has 0 bridgehead atoms. The van der Waals surface area contributed by atoms with Crippen molar-refractivity contribution < 1.29 is 19.0 Å². The Kier molecular flexibility index (Phi) is 7.56. The van der Waals surface area contributed by atoms with Crippen molar-refractivity contribution in [3.05, 3.63) is 69.5 Å². The summed E-state index contributed by atoms with van der Waals surface area (Å²) in [5, 5.41) is 0.664. The van der Waals surface area contributed by atoms with Gasteiger partial charge in [0.15, 0.2) is 5.43 Å². The maximum Gasteiger partial charge on any atom is 0.254 e. The number of ether oxygens (including phenoxy) is 3. The van der Waals surface area contributed by atoms with Crippen LogP contribution in [0, 0.1) is 12.8 Å². The monoisotopic (exact) mass is 490 g/mol. The minimum absolute atomic E-state index is 0.00235. The number of fused-ring (bicyclic) bond motifs is 1. The number of hydrogen-bond acceptors (Lipinski definition) is 5. The summed E-state index contributed by atoms with van der Waals surface area (Å²) in [7, 11) is 0. The number of nitrogens with zero attached hydrogens (tertiary/aromatic N) is 1. The van der Waals surface area contributed by atoms with Crippen LogP contribution in [0.5, 0.6) is 11.5 Å². The first-order valence-corrected chi connectivity index (χ1v) is 13.0. The molecule has 7 nitrogen and oxygen atoms in total. The maximum absolute atomic E-state index is 13.3. The molecule has 2 aliphatic heterocycles. The van der Waals surface area contributed by atoms with E-state index in [0.29, 0.717) is 40.5 Å². The molecule has 2 aliphatic rings. The maximum atomic E-state index is 13.3. The summed E-state index contributed by atoms with van der Waals surface area (Å²) < 4.78 is 17.8. The number of nitrogens with one attached hydrogen (secondary N) is 1. The van der Waals surface area contributed by atoms with Crippen LogP contribution in [0.15, 0.2) is 47.3 Å². The topological polar surface area (TPSA) is 80.9 Å². The summed E-state index contributed by atoms with van der Waals surface area (Å²) in [5.41, 5.74) is 2.69. The Morgan fingerprint density at radius 3 is 2.53 bits per heavy atom. The third-order valence-corrected chi connectivity index (χ3v) is 7.23. The molecule has 7 heteroatoms. The van der Waals surface area contributed by atoms with Crippen molar-refractivity contribution in [2.75, 3.05) is 32.9 Å². The zero-order valence-electron chi connectivity index (χ0n) is 20.9. The number of aromatic nitrogens is 1. The molecular weight excluding hydrogens is 456 g/mol. The fourth-order valence-electron chi connectivity index (χ4n) is 4.95. The minimum atomic E-state index is -0.00235. The van der Waals surface area contributed by atoms with Crippen LogP contribution in [0.3, 0.4) is 0 Å². The molecule has 2 fully saturated rings. The highest BCUT2D eigenvalue weighted by atomic mass is 16.5. The number of piperidine rings is 1. The largest absolute Gasteiger partial charge is 0.493 e. The molecule has 3 heterocycles. The third-order valence-electron chi connectivity index (χ3n) is 7.23. The van der Waals surface area contributed by atoms with Gasteiger partial charge < -0.3 is 24.1 Å². The van der Waals surface area contributed by atoms with E-state index in [0.717, 1.165) is 69.6 Å². The van der Waals surface area contributed by atoms with Gasteiger partial charge in [-0.2, -0.15) is 0 Å². The van der Waals surface area contributed by atoms with Crippen molar-refractivity contribution in [3.8, 4) is 11.5 Å². The summed E-state index contributed by atoms with van der Waals surface area (Å²) in [5.74, 6) is 1.62. The number of H-pyrrole nitrogens is 1. The number of aromatic amines is 1. The van der Waals surface area contributed by atoms with E-state index >= 15 is 0 Å². The van der Waals surface area contributed by atoms with Crippen LogP contribution in [-0.2, 0) is 11.3 Å². The standard InChI is InChI=1S/C29H34N2O5/c1-20-27(30-26-8-4-3-7-25(26)28(20)32)19-36-24-16-22(29(33)31-11-5-2-6-12-31)15-23(17-24)35-18-21-9-13-34-14-10-21/h3-4,7-8,15-17,21H,2,5-6,9-14,18-19H2,1H3,(H,30,32). The molecule has 0 unspecified atom stereocenters. The van der Waals surface area contributed by atoms with Gasteiger partial charge in [-0.3, -0.25) is 9.59 Å². The molecular formula is C29H34N2O5. The lowest BCUT2D eigenvalue weighted by atomic mass is 10.0. The zero-order chi connectivity index (χ0) is 24.9. The molecule has 1 N–H and O–H groups in total. The first-order valence-electron chi connectivity index (χ1n) is 13.0. The number of likely N-dealkylation sites (tertiary alicyclic amines) is 1. The van der Waals surface area contributed by atoms with Crippen LogP contribution in [0.2, 0.25) is 0 Å². The summed E-state index contributed by atoms with van der Waals surface area (Å²) >= 11 is 0. The molecule has 0 atom stereocenters. The average Bonchev–Trinajstić information content (AvgIpc) is 2.93. The van der Waals surface area contributed by atoms with Gasteiger partial charge in [0.2, 0.25) is 0 Å². The van der Waals surface area contributed by atoms with Gasteiger partial charge in [-0.1, -0.05) is 12.1 Å². The van der Waals surface area contributed by atoms with Gasteiger partial charge in [0, 0.05) is 54.4 Å². The van der Waals surface area contributed by atoms with Gasteiger partial charge in [-0.05, 0) is 69.2 Å². The minimum Gasteiger partial charge on any atom is -0.493 e. The van der Waals surface area contributed by atoms with E-state index in [4.69, 9.17) is 14.2 Å². The van der Waals surface area contributed by atoms with Crippen molar-refractivity contribution in [1.82, 2.24) is 9.88 Å². The number of rotatable bonds is 7.